The Kier molecular flexibility index (Phi) is 6.71. The van der Waals surface area contributed by atoms with Crippen LogP contribution >= 0.6 is 0 Å². The average molecular weight is 420 g/mol. The van der Waals surface area contributed by atoms with Crippen LogP contribution in [-0.4, -0.2) is 72.0 Å². The van der Waals surface area contributed by atoms with E-state index < -0.39 is 0 Å². The fourth-order valence-electron chi connectivity index (χ4n) is 3.66. The van der Waals surface area contributed by atoms with Gasteiger partial charge in [-0.2, -0.15) is 0 Å². The quantitative estimate of drug-likeness (QED) is 0.537. The number of carbonyl (C=O) groups is 1. The zero-order valence-corrected chi connectivity index (χ0v) is 17.8. The molecule has 1 aromatic heterocycles. The number of likely N-dealkylation sites (N-methyl/N-ethyl adjacent to an activating group) is 1. The average Bonchev–Trinajstić information content (AvgIpc) is 2.80. The fraction of sp³-hybridized carbons (Fsp3) is 0.348. The van der Waals surface area contributed by atoms with Crippen LogP contribution in [0, 0.1) is 0 Å². The molecule has 0 unspecified atom stereocenters. The Balaban J connectivity index is 1.40. The van der Waals surface area contributed by atoms with Gasteiger partial charge in [0.2, 0.25) is 0 Å². The largest absolute Gasteiger partial charge is 0.351 e. The van der Waals surface area contributed by atoms with E-state index in [0.717, 1.165) is 54.9 Å². The molecule has 8 heteroatoms. The van der Waals surface area contributed by atoms with Gasteiger partial charge in [-0.25, -0.2) is 9.97 Å². The summed E-state index contributed by atoms with van der Waals surface area (Å²) in [7, 11) is 2.14. The molecule has 4 rings (SSSR count). The highest BCUT2D eigenvalue weighted by Gasteiger charge is 2.14. The number of rotatable bonds is 7. The summed E-state index contributed by atoms with van der Waals surface area (Å²) in [5, 5.41) is 7.20. The maximum Gasteiger partial charge on any atom is 0.251 e. The molecule has 1 fully saturated rings. The van der Waals surface area contributed by atoms with Crippen molar-refractivity contribution in [3.63, 3.8) is 0 Å². The lowest BCUT2D eigenvalue weighted by atomic mass is 10.1. The van der Waals surface area contributed by atoms with Crippen LogP contribution in [0.3, 0.4) is 0 Å². The zero-order valence-electron chi connectivity index (χ0n) is 17.8. The van der Waals surface area contributed by atoms with Gasteiger partial charge in [-0.1, -0.05) is 12.1 Å². The summed E-state index contributed by atoms with van der Waals surface area (Å²) >= 11 is 0. The summed E-state index contributed by atoms with van der Waals surface area (Å²) in [6.45, 7) is 6.25. The number of benzene rings is 2. The van der Waals surface area contributed by atoms with Gasteiger partial charge in [-0.05, 0) is 42.9 Å². The third-order valence-corrected chi connectivity index (χ3v) is 5.66. The number of piperazine rings is 1. The first-order chi connectivity index (χ1) is 15.1. The standard InChI is InChI=1S/C23H29N7O/c1-29-10-12-30(13-11-29)9-8-25-23(31)18-4-7-20-21(14-18)26-16-27-22(20)28-19-5-2-17(15-24)3-6-19/h2-7,14,16H,8-13,15,24H2,1H3,(H,25,31)(H,26,27,28). The molecule has 0 saturated carbocycles. The van der Waals surface area contributed by atoms with Gasteiger partial charge in [0.1, 0.15) is 12.1 Å². The first-order valence-electron chi connectivity index (χ1n) is 10.6. The van der Waals surface area contributed by atoms with E-state index in [-0.39, 0.29) is 5.91 Å². The van der Waals surface area contributed by atoms with Crippen molar-refractivity contribution in [3.05, 3.63) is 59.9 Å². The van der Waals surface area contributed by atoms with Gasteiger partial charge in [0.25, 0.3) is 5.91 Å². The highest BCUT2D eigenvalue weighted by atomic mass is 16.1. The number of hydrogen-bond acceptors (Lipinski definition) is 7. The predicted molar refractivity (Wildman–Crippen MR) is 123 cm³/mol. The molecule has 1 aliphatic rings. The molecule has 0 atom stereocenters. The molecular weight excluding hydrogens is 390 g/mol. The molecule has 1 aliphatic heterocycles. The van der Waals surface area contributed by atoms with Crippen LogP contribution in [0.15, 0.2) is 48.8 Å². The molecule has 4 N–H and O–H groups in total. The summed E-state index contributed by atoms with van der Waals surface area (Å²) in [5.74, 6) is 0.619. The molecule has 0 aliphatic carbocycles. The van der Waals surface area contributed by atoms with Crippen LogP contribution in [0.1, 0.15) is 15.9 Å². The summed E-state index contributed by atoms with van der Waals surface area (Å²) < 4.78 is 0. The number of nitrogens with one attached hydrogen (secondary N) is 2. The van der Waals surface area contributed by atoms with Crippen molar-refractivity contribution in [2.75, 3.05) is 51.6 Å². The normalized spacial score (nSPS) is 15.2. The fourth-order valence-corrected chi connectivity index (χ4v) is 3.66. The van der Waals surface area contributed by atoms with E-state index in [1.54, 1.807) is 0 Å². The third kappa shape index (κ3) is 5.35. The van der Waals surface area contributed by atoms with Crippen molar-refractivity contribution in [1.29, 1.82) is 0 Å². The lowest BCUT2D eigenvalue weighted by Crippen LogP contribution is -2.46. The molecular formula is C23H29N7O. The molecule has 8 nitrogen and oxygen atoms in total. The topological polar surface area (TPSA) is 99.4 Å². The Labute approximate surface area is 182 Å². The minimum atomic E-state index is -0.0819. The second kappa shape index (κ2) is 9.82. The number of nitrogens with two attached hydrogens (primary N) is 1. The number of amides is 1. The first-order valence-corrected chi connectivity index (χ1v) is 10.6. The lowest BCUT2D eigenvalue weighted by Gasteiger charge is -2.32. The van der Waals surface area contributed by atoms with Crippen molar-refractivity contribution in [2.45, 2.75) is 6.54 Å². The maximum absolute atomic E-state index is 12.6. The van der Waals surface area contributed by atoms with E-state index in [4.69, 9.17) is 5.73 Å². The number of hydrogen-bond donors (Lipinski definition) is 3. The van der Waals surface area contributed by atoms with Gasteiger partial charge in [0.05, 0.1) is 5.52 Å². The lowest BCUT2D eigenvalue weighted by molar-refractivity contribution is 0.0941. The first kappa shape index (κ1) is 21.2. The summed E-state index contributed by atoms with van der Waals surface area (Å²) in [4.78, 5) is 26.0. The van der Waals surface area contributed by atoms with Gasteiger partial charge < -0.3 is 21.3 Å². The Morgan fingerprint density at radius 2 is 1.84 bits per heavy atom. The Morgan fingerprint density at radius 3 is 2.58 bits per heavy atom. The van der Waals surface area contributed by atoms with Crippen molar-refractivity contribution in [2.24, 2.45) is 5.73 Å². The summed E-state index contributed by atoms with van der Waals surface area (Å²) in [6, 6.07) is 13.4. The Morgan fingerprint density at radius 1 is 1.06 bits per heavy atom. The molecule has 1 amide bonds. The van der Waals surface area contributed by atoms with Gasteiger partial charge in [-0.3, -0.25) is 9.69 Å². The second-order valence-electron chi connectivity index (χ2n) is 7.88. The van der Waals surface area contributed by atoms with Crippen LogP contribution in [0.25, 0.3) is 10.9 Å². The smallest absolute Gasteiger partial charge is 0.251 e. The summed E-state index contributed by atoms with van der Waals surface area (Å²) in [6.07, 6.45) is 1.51. The van der Waals surface area contributed by atoms with Gasteiger partial charge >= 0.3 is 0 Å². The highest BCUT2D eigenvalue weighted by molar-refractivity contribution is 6.00. The van der Waals surface area contributed by atoms with E-state index in [1.165, 1.54) is 6.33 Å². The monoisotopic (exact) mass is 419 g/mol. The van der Waals surface area contributed by atoms with Crippen molar-refractivity contribution in [3.8, 4) is 0 Å². The molecule has 2 aromatic carbocycles. The number of nitrogens with zero attached hydrogens (tertiary/aromatic N) is 4. The van der Waals surface area contributed by atoms with E-state index in [2.05, 4.69) is 37.4 Å². The summed E-state index contributed by atoms with van der Waals surface area (Å²) in [5.41, 5.74) is 8.98. The molecule has 2 heterocycles. The molecule has 162 valence electrons. The minimum Gasteiger partial charge on any atom is -0.351 e. The Bertz CT molecular complexity index is 1030. The van der Waals surface area contributed by atoms with Crippen LogP contribution in [-0.2, 0) is 6.54 Å². The maximum atomic E-state index is 12.6. The molecule has 3 aromatic rings. The van der Waals surface area contributed by atoms with Crippen LogP contribution in [0.5, 0.6) is 0 Å². The molecule has 0 spiro atoms. The van der Waals surface area contributed by atoms with Crippen LogP contribution in [0.4, 0.5) is 11.5 Å². The van der Waals surface area contributed by atoms with Gasteiger partial charge in [-0.15, -0.1) is 0 Å². The molecule has 1 saturated heterocycles. The molecule has 31 heavy (non-hydrogen) atoms. The molecule has 0 bridgehead atoms. The van der Waals surface area contributed by atoms with Gasteiger partial charge in [0, 0.05) is 62.5 Å². The Hall–Kier alpha value is -3.07. The predicted octanol–water partition coefficient (Wildman–Crippen LogP) is 1.81. The van der Waals surface area contributed by atoms with E-state index >= 15 is 0 Å². The number of anilines is 2. The van der Waals surface area contributed by atoms with Crippen LogP contribution in [0.2, 0.25) is 0 Å². The number of fused-ring (bicyclic) bond motifs is 1. The van der Waals surface area contributed by atoms with E-state index in [1.807, 2.05) is 42.5 Å². The third-order valence-electron chi connectivity index (χ3n) is 5.66. The zero-order chi connectivity index (χ0) is 21.6. The SMILES string of the molecule is CN1CCN(CCNC(=O)c2ccc3c(Nc4ccc(CN)cc4)ncnc3c2)CC1. The number of carbonyl (C=O) groups excluding carboxylic acids is 1. The van der Waals surface area contributed by atoms with Gasteiger partial charge in [0.15, 0.2) is 0 Å². The van der Waals surface area contributed by atoms with Crippen LogP contribution < -0.4 is 16.4 Å². The highest BCUT2D eigenvalue weighted by Crippen LogP contribution is 2.24. The van der Waals surface area contributed by atoms with E-state index in [0.29, 0.717) is 24.5 Å². The number of aromatic nitrogens is 2. The van der Waals surface area contributed by atoms with Crippen molar-refractivity contribution < 1.29 is 4.79 Å². The second-order valence-corrected chi connectivity index (χ2v) is 7.88. The molecule has 0 radical (unpaired) electrons. The van der Waals surface area contributed by atoms with Crippen molar-refractivity contribution in [1.82, 2.24) is 25.1 Å². The van der Waals surface area contributed by atoms with Crippen molar-refractivity contribution >= 4 is 28.3 Å². The minimum absolute atomic E-state index is 0.0819. The van der Waals surface area contributed by atoms with E-state index in [9.17, 15) is 4.79 Å².